The lowest BCUT2D eigenvalue weighted by Gasteiger charge is -2.35. The Bertz CT molecular complexity index is 5250. The molecule has 16 aliphatic rings. The number of benzene rings is 6. The van der Waals surface area contributed by atoms with Crippen LogP contribution < -0.4 is 37.5 Å². The standard InChI is InChI=1S/C19H27BF2O2.2C19H27BO2.C19H29BO2.C18H25BO3.C18H27BO3/c1-15(2)13-10-9-12(11-14(13)16(3,4)19(15,21)22)20-23-17(5,6)18(7,8)24-20;1-16(2)17(3,4)22-20(21-16)13-7-8-14-15(11-13)19(6)10-9-18(14,5)12-19;1-18(2)19(3,4)22-20(21-18)15-10-11-16-13-6-5-7-14(9-8-13)17(16)12-15;1-16(2)12-17(3,4)15-11-13(9-10-14(15)16)20-21-18(5,6)19(7,8)22-20;1-15(2)16(3,4)22-19(21-15)12-7-8-13-14(11-12)18(6)10-9-17(13,5)20-18;1-15(2)13-11-12(9-10-14(13)20-16(15,3)4)19-21-17(5,6)18(7,8)22-19/h9-11H,1-8H3;7-8,11H,9-10,12H2,1-6H3;10-14H,5-9H2,1-4H3;9-11H,12H2,1-8H3;7-8,11H,9-10H2,1-6H3;9-11H,1-8H3. The first kappa shape index (κ1) is 102. The number of halogens is 2. The molecule has 6 bridgehead atoms. The summed E-state index contributed by atoms with van der Waals surface area (Å²) < 4.78 is 117. The lowest BCUT2D eigenvalue weighted by molar-refractivity contribution is -0.105. The molecule has 0 N–H and O–H groups in total. The van der Waals surface area contributed by atoms with Crippen LogP contribution in [0.1, 0.15) is 421 Å². The van der Waals surface area contributed by atoms with E-state index in [1.165, 1.54) is 102 Å². The molecule has 6 aromatic rings. The monoisotopic (exact) mass is 1840 g/mol. The minimum absolute atomic E-state index is 0.0536. The van der Waals surface area contributed by atoms with Crippen LogP contribution in [0, 0.1) is 0 Å². The van der Waals surface area contributed by atoms with E-state index in [9.17, 15) is 8.78 Å². The molecule has 22 heteroatoms. The Morgan fingerprint density at radius 2 is 0.530 bits per heavy atom. The van der Waals surface area contributed by atoms with Crippen molar-refractivity contribution in [2.75, 3.05) is 0 Å². The first-order valence-corrected chi connectivity index (χ1v) is 50.7. The van der Waals surface area contributed by atoms with E-state index in [1.54, 1.807) is 44.4 Å². The summed E-state index contributed by atoms with van der Waals surface area (Å²) >= 11 is 0. The van der Waals surface area contributed by atoms with Crippen molar-refractivity contribution in [2.45, 2.75) is 487 Å². The normalized spacial score (nSPS) is 31.4. The van der Waals surface area contributed by atoms with Gasteiger partial charge in [0.1, 0.15) is 11.4 Å². The number of ether oxygens (including phenoxy) is 2. The fraction of sp³-hybridized carbons (Fsp3) is 0.679. The van der Waals surface area contributed by atoms with Gasteiger partial charge in [0.15, 0.2) is 0 Å². The molecule has 22 rings (SSSR count). The topological polar surface area (TPSA) is 129 Å². The quantitative estimate of drug-likeness (QED) is 0.147. The lowest BCUT2D eigenvalue weighted by atomic mass is 9.70. The third-order valence-corrected chi connectivity index (χ3v) is 38.1. The van der Waals surface area contributed by atoms with Crippen molar-refractivity contribution in [2.24, 2.45) is 0 Å². The van der Waals surface area contributed by atoms with E-state index in [-0.39, 0.29) is 125 Å². The van der Waals surface area contributed by atoms with Crippen LogP contribution in [-0.4, -0.2) is 121 Å². The Hall–Kier alpha value is -5.15. The molecule has 9 fully saturated rings. The average Bonchev–Trinajstić information content (AvgIpc) is 1.56. The second kappa shape index (κ2) is 31.9. The molecule has 14 nitrogen and oxygen atoms in total. The van der Waals surface area contributed by atoms with Gasteiger partial charge in [0.2, 0.25) is 0 Å². The molecule has 7 aliphatic carbocycles. The maximum Gasteiger partial charge on any atom is 0.494 e. The molecule has 2 saturated carbocycles. The summed E-state index contributed by atoms with van der Waals surface area (Å²) in [4.78, 5) is 0. The SMILES string of the molecule is CC1(C)CC(C)(C)c2cc(B3OC(C)(C)C(C)(C)O3)ccc21.CC1(C)OB(c2ccc3c(c2)C(C)(C)C(C)(C)O3)OC1(C)C.CC1(C)OB(c2ccc3c(c2)C(C)(C)C(F)(F)C3(C)C)OC1(C)C.CC1(C)OB(c2ccc3c(c2)C2CCCC3CC2)OC1(C)C.CC12CCC(C)(C1)c1cc(B3OC(C)(C)C(C)(C)O3)ccc12.CC12CCC(C)(O1)c1cc(B3OC(C)(C)C(C)(C)O3)ccc12. The second-order valence-electron chi connectivity index (χ2n) is 53.2. The highest BCUT2D eigenvalue weighted by Gasteiger charge is 2.67. The molecule has 6 aromatic carbocycles. The Kier molecular flexibility index (Phi) is 24.2. The molecule has 0 aromatic heterocycles. The van der Waals surface area contributed by atoms with Crippen LogP contribution in [0.3, 0.4) is 0 Å². The summed E-state index contributed by atoms with van der Waals surface area (Å²) in [6, 6.07) is 39.1. The predicted octanol–water partition coefficient (Wildman–Crippen LogP) is 22.6. The van der Waals surface area contributed by atoms with Crippen LogP contribution in [0.2, 0.25) is 0 Å². The molecule has 134 heavy (non-hydrogen) atoms. The fourth-order valence-corrected chi connectivity index (χ4v) is 24.2. The van der Waals surface area contributed by atoms with Crippen LogP contribution in [0.25, 0.3) is 0 Å². The Morgan fingerprint density at radius 1 is 0.239 bits per heavy atom. The van der Waals surface area contributed by atoms with Gasteiger partial charge in [0.05, 0.1) is 89.2 Å². The van der Waals surface area contributed by atoms with Crippen LogP contribution in [0.5, 0.6) is 5.75 Å². The molecule has 0 spiro atoms. The van der Waals surface area contributed by atoms with Gasteiger partial charge in [-0.2, -0.15) is 0 Å². The first-order valence-electron chi connectivity index (χ1n) is 50.7. The smallest absolute Gasteiger partial charge is 0.487 e. The fourth-order valence-electron chi connectivity index (χ4n) is 24.2. The largest absolute Gasteiger partial charge is 0.494 e. The minimum Gasteiger partial charge on any atom is -0.487 e. The van der Waals surface area contributed by atoms with Crippen LogP contribution in [-0.2, 0) is 110 Å². The van der Waals surface area contributed by atoms with E-state index in [2.05, 4.69) is 306 Å². The van der Waals surface area contributed by atoms with Crippen molar-refractivity contribution in [3.8, 4) is 5.75 Å². The second-order valence-corrected chi connectivity index (χ2v) is 53.2. The van der Waals surface area contributed by atoms with Crippen molar-refractivity contribution < 1.29 is 74.1 Å². The van der Waals surface area contributed by atoms with Gasteiger partial charge in [0.25, 0.3) is 5.92 Å². The molecule has 7 saturated heterocycles. The highest BCUT2D eigenvalue weighted by atomic mass is 19.3. The number of rotatable bonds is 6. The molecular formula is C112H162B6F2O14. The van der Waals surface area contributed by atoms with Crippen molar-refractivity contribution in [1.29, 1.82) is 0 Å². The van der Waals surface area contributed by atoms with Crippen LogP contribution in [0.15, 0.2) is 109 Å². The van der Waals surface area contributed by atoms with E-state index in [4.69, 9.17) is 65.3 Å². The molecule has 0 amide bonds. The van der Waals surface area contributed by atoms with Crippen molar-refractivity contribution in [3.63, 3.8) is 0 Å². The van der Waals surface area contributed by atoms with Gasteiger partial charge in [-0.15, -0.1) is 0 Å². The molecular weight excluding hydrogens is 1670 g/mol. The van der Waals surface area contributed by atoms with Crippen LogP contribution >= 0.6 is 0 Å². The number of fused-ring (bicyclic) bond motifs is 16. The number of hydrogen-bond donors (Lipinski definition) is 0. The van der Waals surface area contributed by atoms with Crippen molar-refractivity contribution in [3.05, 3.63) is 170 Å². The zero-order valence-corrected chi connectivity index (χ0v) is 89.8. The first-order chi connectivity index (χ1) is 60.9. The Morgan fingerprint density at radius 3 is 0.933 bits per heavy atom. The summed E-state index contributed by atoms with van der Waals surface area (Å²) in [5.74, 6) is -0.302. The van der Waals surface area contributed by atoms with E-state index >= 15 is 0 Å². The Balaban J connectivity index is 0.000000117. The summed E-state index contributed by atoms with van der Waals surface area (Å²) in [5.41, 5.74) is 15.4. The van der Waals surface area contributed by atoms with Gasteiger partial charge in [-0.3, -0.25) is 0 Å². The van der Waals surface area contributed by atoms with Gasteiger partial charge < -0.3 is 65.3 Å². The number of alkyl halides is 2. The van der Waals surface area contributed by atoms with E-state index in [0.717, 1.165) is 52.3 Å². The number of hydrogen-bond acceptors (Lipinski definition) is 14. The third kappa shape index (κ3) is 16.6. The summed E-state index contributed by atoms with van der Waals surface area (Å²) in [5, 5.41) is 0. The van der Waals surface area contributed by atoms with Crippen LogP contribution in [0.4, 0.5) is 8.78 Å². The average molecular weight is 1840 g/mol. The predicted molar refractivity (Wildman–Crippen MR) is 544 cm³/mol. The van der Waals surface area contributed by atoms with E-state index < -0.39 is 35.1 Å². The molecule has 6 atom stereocenters. The summed E-state index contributed by atoms with van der Waals surface area (Å²) in [7, 11) is -1.90. The van der Waals surface area contributed by atoms with Gasteiger partial charge in [0, 0.05) is 11.0 Å². The molecule has 726 valence electrons. The van der Waals surface area contributed by atoms with Crippen molar-refractivity contribution in [1.82, 2.24) is 0 Å². The summed E-state index contributed by atoms with van der Waals surface area (Å²) in [6.07, 6.45) is 14.2. The molecule has 9 heterocycles. The highest BCUT2D eigenvalue weighted by Crippen LogP contribution is 2.63. The van der Waals surface area contributed by atoms with Gasteiger partial charge in [-0.1, -0.05) is 165 Å². The van der Waals surface area contributed by atoms with Gasteiger partial charge in [-0.05, 0) is 414 Å². The maximum atomic E-state index is 15.0. The van der Waals surface area contributed by atoms with Crippen molar-refractivity contribution >= 4 is 75.5 Å². The molecule has 9 aliphatic heterocycles. The molecule has 6 unspecified atom stereocenters. The molecule has 0 radical (unpaired) electrons. The van der Waals surface area contributed by atoms with Gasteiger partial charge >= 0.3 is 42.7 Å². The maximum absolute atomic E-state index is 15.0. The van der Waals surface area contributed by atoms with E-state index in [0.29, 0.717) is 22.0 Å². The highest BCUT2D eigenvalue weighted by molar-refractivity contribution is 6.64. The van der Waals surface area contributed by atoms with Gasteiger partial charge in [-0.25, -0.2) is 8.78 Å². The zero-order valence-electron chi connectivity index (χ0n) is 89.8. The minimum atomic E-state index is -2.82. The zero-order chi connectivity index (χ0) is 98.9. The van der Waals surface area contributed by atoms with E-state index in [1.807, 2.05) is 52.0 Å². The third-order valence-electron chi connectivity index (χ3n) is 38.1. The summed E-state index contributed by atoms with van der Waals surface area (Å²) in [6.45, 7) is 83.9. The Labute approximate surface area is 808 Å². The lowest BCUT2D eigenvalue weighted by Crippen LogP contribution is -2.46.